The topological polar surface area (TPSA) is 71.1 Å². The average Bonchev–Trinajstić information content (AvgIpc) is 2.88. The third-order valence-corrected chi connectivity index (χ3v) is 4.69. The maximum atomic E-state index is 12.3. The largest absolute Gasteiger partial charge is 0.322 e. The van der Waals surface area contributed by atoms with Gasteiger partial charge < -0.3 is 10.6 Å². The van der Waals surface area contributed by atoms with Crippen LogP contribution in [0.4, 0.5) is 10.8 Å². The van der Waals surface area contributed by atoms with Gasteiger partial charge in [-0.05, 0) is 46.3 Å². The number of nitrogens with one attached hydrogen (secondary N) is 2. The molecule has 1 aromatic heterocycles. The molecule has 0 spiro atoms. The fourth-order valence-corrected chi connectivity index (χ4v) is 3.41. The third kappa shape index (κ3) is 3.57. The number of anilines is 2. The summed E-state index contributed by atoms with van der Waals surface area (Å²) < 4.78 is 1.67. The fraction of sp³-hybridized carbons (Fsp3) is 0.0625. The van der Waals surface area contributed by atoms with E-state index in [-0.39, 0.29) is 11.8 Å². The molecule has 2 aromatic carbocycles. The van der Waals surface area contributed by atoms with Gasteiger partial charge in [0.15, 0.2) is 5.13 Å². The molecular formula is C16H12BrN3O2S. The molecule has 0 aliphatic rings. The maximum absolute atomic E-state index is 12.3. The SMILES string of the molecule is CC(=O)Nc1nc2cc(NC(=O)c3ccccc3Br)ccc2s1. The molecule has 0 unspecified atom stereocenters. The molecule has 5 nitrogen and oxygen atoms in total. The molecule has 0 aliphatic heterocycles. The second-order valence-electron chi connectivity index (χ2n) is 4.82. The number of hydrogen-bond donors (Lipinski definition) is 2. The third-order valence-electron chi connectivity index (χ3n) is 3.05. The fourth-order valence-electron chi connectivity index (χ4n) is 2.05. The zero-order valence-corrected chi connectivity index (χ0v) is 14.5. The van der Waals surface area contributed by atoms with E-state index in [1.54, 1.807) is 12.1 Å². The highest BCUT2D eigenvalue weighted by Gasteiger charge is 2.11. The number of amides is 2. The quantitative estimate of drug-likeness (QED) is 0.702. The standard InChI is InChI=1S/C16H12BrN3O2S/c1-9(21)18-16-20-13-8-10(6-7-14(13)23-16)19-15(22)11-4-2-3-5-12(11)17/h2-8H,1H3,(H,19,22)(H,18,20,21). The van der Waals surface area contributed by atoms with Gasteiger partial charge in [0.2, 0.25) is 5.91 Å². The van der Waals surface area contributed by atoms with Crippen molar-refractivity contribution in [1.29, 1.82) is 0 Å². The summed E-state index contributed by atoms with van der Waals surface area (Å²) in [6, 6.07) is 12.7. The Morgan fingerprint density at radius 3 is 2.65 bits per heavy atom. The molecule has 23 heavy (non-hydrogen) atoms. The molecule has 2 N–H and O–H groups in total. The Morgan fingerprint density at radius 1 is 1.13 bits per heavy atom. The number of aromatic nitrogens is 1. The predicted molar refractivity (Wildman–Crippen MR) is 96.0 cm³/mol. The molecule has 0 aliphatic carbocycles. The number of carbonyl (C=O) groups is 2. The summed E-state index contributed by atoms with van der Waals surface area (Å²) in [5, 5.41) is 6.06. The molecule has 0 bridgehead atoms. The second kappa shape index (κ2) is 6.47. The van der Waals surface area contributed by atoms with Gasteiger partial charge in [-0.2, -0.15) is 0 Å². The van der Waals surface area contributed by atoms with E-state index in [1.807, 2.05) is 30.3 Å². The van der Waals surface area contributed by atoms with Gasteiger partial charge in [-0.25, -0.2) is 4.98 Å². The van der Waals surface area contributed by atoms with Crippen molar-refractivity contribution in [3.8, 4) is 0 Å². The Hall–Kier alpha value is -2.25. The zero-order chi connectivity index (χ0) is 16.4. The average molecular weight is 390 g/mol. The lowest BCUT2D eigenvalue weighted by atomic mass is 10.2. The summed E-state index contributed by atoms with van der Waals surface area (Å²) in [6.07, 6.45) is 0. The van der Waals surface area contributed by atoms with E-state index in [4.69, 9.17) is 0 Å². The number of carbonyl (C=O) groups excluding carboxylic acids is 2. The lowest BCUT2D eigenvalue weighted by Crippen LogP contribution is -2.12. The van der Waals surface area contributed by atoms with Crippen LogP contribution in [0.25, 0.3) is 10.2 Å². The predicted octanol–water partition coefficient (Wildman–Crippen LogP) is 4.27. The van der Waals surface area contributed by atoms with Crippen LogP contribution in [-0.2, 0) is 4.79 Å². The van der Waals surface area contributed by atoms with Crippen LogP contribution < -0.4 is 10.6 Å². The number of hydrogen-bond acceptors (Lipinski definition) is 4. The molecule has 0 radical (unpaired) electrons. The van der Waals surface area contributed by atoms with Crippen LogP contribution in [0, 0.1) is 0 Å². The van der Waals surface area contributed by atoms with Crippen LogP contribution in [0.5, 0.6) is 0 Å². The van der Waals surface area contributed by atoms with E-state index in [1.165, 1.54) is 18.3 Å². The van der Waals surface area contributed by atoms with E-state index in [0.29, 0.717) is 16.4 Å². The maximum Gasteiger partial charge on any atom is 0.256 e. The smallest absolute Gasteiger partial charge is 0.256 e. The summed E-state index contributed by atoms with van der Waals surface area (Å²) in [7, 11) is 0. The van der Waals surface area contributed by atoms with Crippen molar-refractivity contribution in [1.82, 2.24) is 4.98 Å². The summed E-state index contributed by atoms with van der Waals surface area (Å²) in [6.45, 7) is 1.44. The van der Waals surface area contributed by atoms with Crippen molar-refractivity contribution in [2.24, 2.45) is 0 Å². The van der Waals surface area contributed by atoms with Crippen LogP contribution >= 0.6 is 27.3 Å². The molecule has 0 atom stereocenters. The van der Waals surface area contributed by atoms with Crippen molar-refractivity contribution in [2.75, 3.05) is 10.6 Å². The molecule has 0 saturated carbocycles. The highest BCUT2D eigenvalue weighted by molar-refractivity contribution is 9.10. The lowest BCUT2D eigenvalue weighted by molar-refractivity contribution is -0.114. The number of fused-ring (bicyclic) bond motifs is 1. The van der Waals surface area contributed by atoms with Crippen molar-refractivity contribution in [2.45, 2.75) is 6.92 Å². The summed E-state index contributed by atoms with van der Waals surface area (Å²) in [5.74, 6) is -0.361. The van der Waals surface area contributed by atoms with Crippen molar-refractivity contribution < 1.29 is 9.59 Å². The lowest BCUT2D eigenvalue weighted by Gasteiger charge is -2.06. The molecule has 7 heteroatoms. The molecule has 3 aromatic rings. The number of benzene rings is 2. The van der Waals surface area contributed by atoms with Gasteiger partial charge in [-0.1, -0.05) is 23.5 Å². The van der Waals surface area contributed by atoms with Gasteiger partial charge in [0.05, 0.1) is 15.8 Å². The molecule has 0 fully saturated rings. The number of nitrogens with zero attached hydrogens (tertiary/aromatic N) is 1. The highest BCUT2D eigenvalue weighted by Crippen LogP contribution is 2.28. The van der Waals surface area contributed by atoms with Gasteiger partial charge in [0.1, 0.15) is 0 Å². The van der Waals surface area contributed by atoms with Crippen LogP contribution in [0.1, 0.15) is 17.3 Å². The van der Waals surface area contributed by atoms with Crippen LogP contribution in [0.3, 0.4) is 0 Å². The highest BCUT2D eigenvalue weighted by atomic mass is 79.9. The van der Waals surface area contributed by atoms with Crippen LogP contribution in [-0.4, -0.2) is 16.8 Å². The number of halogens is 1. The molecule has 0 saturated heterocycles. The zero-order valence-electron chi connectivity index (χ0n) is 12.1. The van der Waals surface area contributed by atoms with Crippen molar-refractivity contribution in [3.05, 3.63) is 52.5 Å². The minimum absolute atomic E-state index is 0.161. The molecule has 3 rings (SSSR count). The normalized spacial score (nSPS) is 10.5. The van der Waals surface area contributed by atoms with Crippen LogP contribution in [0.15, 0.2) is 46.9 Å². The first-order valence-electron chi connectivity index (χ1n) is 6.77. The van der Waals surface area contributed by atoms with E-state index < -0.39 is 0 Å². The van der Waals surface area contributed by atoms with E-state index in [9.17, 15) is 9.59 Å². The Bertz CT molecular complexity index is 907. The Morgan fingerprint density at radius 2 is 1.91 bits per heavy atom. The van der Waals surface area contributed by atoms with Gasteiger partial charge in [-0.3, -0.25) is 9.59 Å². The Balaban J connectivity index is 1.84. The van der Waals surface area contributed by atoms with E-state index in [0.717, 1.165) is 14.7 Å². The van der Waals surface area contributed by atoms with Gasteiger partial charge >= 0.3 is 0 Å². The van der Waals surface area contributed by atoms with E-state index in [2.05, 4.69) is 31.5 Å². The van der Waals surface area contributed by atoms with Crippen molar-refractivity contribution in [3.63, 3.8) is 0 Å². The monoisotopic (exact) mass is 389 g/mol. The molecule has 1 heterocycles. The Labute approximate surface area is 144 Å². The first-order valence-corrected chi connectivity index (χ1v) is 8.38. The summed E-state index contributed by atoms with van der Waals surface area (Å²) >= 11 is 4.75. The van der Waals surface area contributed by atoms with Gasteiger partial charge in [-0.15, -0.1) is 0 Å². The van der Waals surface area contributed by atoms with Crippen LogP contribution in [0.2, 0.25) is 0 Å². The summed E-state index contributed by atoms with van der Waals surface area (Å²) in [4.78, 5) is 27.7. The minimum Gasteiger partial charge on any atom is -0.322 e. The molecule has 2 amide bonds. The summed E-state index contributed by atoms with van der Waals surface area (Å²) in [5.41, 5.74) is 1.94. The molecule has 116 valence electrons. The number of thiazole rings is 1. The first-order chi connectivity index (χ1) is 11.0. The molecular weight excluding hydrogens is 378 g/mol. The van der Waals surface area contributed by atoms with E-state index >= 15 is 0 Å². The first kappa shape index (κ1) is 15.6. The Kier molecular flexibility index (Phi) is 4.40. The van der Waals surface area contributed by atoms with Gasteiger partial charge in [0.25, 0.3) is 5.91 Å². The number of rotatable bonds is 3. The minimum atomic E-state index is -0.200. The van der Waals surface area contributed by atoms with Gasteiger partial charge in [0, 0.05) is 17.1 Å². The second-order valence-corrected chi connectivity index (χ2v) is 6.70. The van der Waals surface area contributed by atoms with Crippen molar-refractivity contribution >= 4 is 60.1 Å².